The van der Waals surface area contributed by atoms with Gasteiger partial charge in [-0.1, -0.05) is 0 Å². The number of furan rings is 1. The standard InChI is InChI=1S/C12H17N3O3/c1-9-3-4-10(18-9)12-13-11(5-8-17-2)15(14-12)6-7-16/h3-4,16H,5-8H2,1-2H3. The number of hydrogen-bond acceptors (Lipinski definition) is 5. The van der Waals surface area contributed by atoms with Crippen LogP contribution in [0.25, 0.3) is 11.6 Å². The molecule has 1 N–H and O–H groups in total. The Labute approximate surface area is 105 Å². The number of hydrogen-bond donors (Lipinski definition) is 1. The van der Waals surface area contributed by atoms with Crippen LogP contribution in [0.15, 0.2) is 16.5 Å². The maximum absolute atomic E-state index is 9.01. The quantitative estimate of drug-likeness (QED) is 0.830. The monoisotopic (exact) mass is 251 g/mol. The van der Waals surface area contributed by atoms with Gasteiger partial charge in [-0.2, -0.15) is 0 Å². The van der Waals surface area contributed by atoms with Gasteiger partial charge in [0.2, 0.25) is 5.82 Å². The van der Waals surface area contributed by atoms with E-state index in [-0.39, 0.29) is 6.61 Å². The lowest BCUT2D eigenvalue weighted by atomic mass is 10.4. The fourth-order valence-electron chi connectivity index (χ4n) is 1.69. The molecule has 0 amide bonds. The number of aliphatic hydroxyl groups excluding tert-OH is 1. The molecule has 0 aliphatic heterocycles. The lowest BCUT2D eigenvalue weighted by Crippen LogP contribution is -2.10. The van der Waals surface area contributed by atoms with Crippen molar-refractivity contribution in [2.75, 3.05) is 20.3 Å². The molecular formula is C12H17N3O3. The topological polar surface area (TPSA) is 73.3 Å². The second kappa shape index (κ2) is 5.79. The van der Waals surface area contributed by atoms with Crippen molar-refractivity contribution in [2.45, 2.75) is 19.9 Å². The molecule has 0 atom stereocenters. The Morgan fingerprint density at radius 1 is 1.44 bits per heavy atom. The van der Waals surface area contributed by atoms with E-state index in [2.05, 4.69) is 10.1 Å². The van der Waals surface area contributed by atoms with Gasteiger partial charge in [-0.15, -0.1) is 5.10 Å². The van der Waals surface area contributed by atoms with E-state index < -0.39 is 0 Å². The van der Waals surface area contributed by atoms with Crippen LogP contribution in [0.1, 0.15) is 11.6 Å². The molecule has 6 heteroatoms. The third-order valence-corrected chi connectivity index (χ3v) is 2.55. The van der Waals surface area contributed by atoms with Gasteiger partial charge in [0.15, 0.2) is 5.76 Å². The van der Waals surface area contributed by atoms with Crippen molar-refractivity contribution in [3.8, 4) is 11.6 Å². The molecule has 0 fully saturated rings. The first-order valence-corrected chi connectivity index (χ1v) is 5.85. The molecule has 18 heavy (non-hydrogen) atoms. The van der Waals surface area contributed by atoms with E-state index in [0.29, 0.717) is 31.2 Å². The molecule has 0 aromatic carbocycles. The van der Waals surface area contributed by atoms with E-state index in [9.17, 15) is 0 Å². The van der Waals surface area contributed by atoms with Gasteiger partial charge in [-0.05, 0) is 19.1 Å². The summed E-state index contributed by atoms with van der Waals surface area (Å²) in [5.41, 5.74) is 0. The number of aromatic nitrogens is 3. The average molecular weight is 251 g/mol. The van der Waals surface area contributed by atoms with Crippen LogP contribution in [-0.4, -0.2) is 40.2 Å². The van der Waals surface area contributed by atoms with Crippen LogP contribution < -0.4 is 0 Å². The zero-order valence-corrected chi connectivity index (χ0v) is 10.6. The number of ether oxygens (including phenoxy) is 1. The van der Waals surface area contributed by atoms with Gasteiger partial charge in [0.1, 0.15) is 11.6 Å². The number of methoxy groups -OCH3 is 1. The second-order valence-electron chi connectivity index (χ2n) is 3.95. The Morgan fingerprint density at radius 3 is 2.89 bits per heavy atom. The highest BCUT2D eigenvalue weighted by atomic mass is 16.5. The molecule has 0 aliphatic carbocycles. The molecule has 2 heterocycles. The number of rotatable bonds is 6. The number of nitrogens with zero attached hydrogens (tertiary/aromatic N) is 3. The summed E-state index contributed by atoms with van der Waals surface area (Å²) in [6.07, 6.45) is 0.656. The van der Waals surface area contributed by atoms with Gasteiger partial charge in [-0.25, -0.2) is 9.67 Å². The first-order valence-electron chi connectivity index (χ1n) is 5.85. The minimum atomic E-state index is 0.0277. The summed E-state index contributed by atoms with van der Waals surface area (Å²) in [7, 11) is 1.64. The van der Waals surface area contributed by atoms with Crippen molar-refractivity contribution >= 4 is 0 Å². The molecule has 0 radical (unpaired) electrons. The summed E-state index contributed by atoms with van der Waals surface area (Å²) in [5.74, 6) is 2.79. The SMILES string of the molecule is COCCc1nc(-c2ccc(C)o2)nn1CCO. The summed E-state index contributed by atoms with van der Waals surface area (Å²) in [6, 6.07) is 3.71. The minimum absolute atomic E-state index is 0.0277. The van der Waals surface area contributed by atoms with Crippen LogP contribution in [0.4, 0.5) is 0 Å². The molecule has 0 unspecified atom stereocenters. The Hall–Kier alpha value is -1.66. The van der Waals surface area contributed by atoms with E-state index in [1.807, 2.05) is 19.1 Å². The van der Waals surface area contributed by atoms with Crippen LogP contribution in [0, 0.1) is 6.92 Å². The van der Waals surface area contributed by atoms with Gasteiger partial charge in [0.05, 0.1) is 19.8 Å². The van der Waals surface area contributed by atoms with Crippen molar-refractivity contribution in [3.63, 3.8) is 0 Å². The van der Waals surface area contributed by atoms with Crippen molar-refractivity contribution < 1.29 is 14.3 Å². The van der Waals surface area contributed by atoms with Crippen LogP contribution in [0.3, 0.4) is 0 Å². The summed E-state index contributed by atoms with van der Waals surface area (Å²) < 4.78 is 12.2. The normalized spacial score (nSPS) is 11.1. The molecule has 0 bridgehead atoms. The van der Waals surface area contributed by atoms with Crippen molar-refractivity contribution in [1.29, 1.82) is 0 Å². The fraction of sp³-hybridized carbons (Fsp3) is 0.500. The van der Waals surface area contributed by atoms with Crippen LogP contribution in [0.5, 0.6) is 0 Å². The maximum Gasteiger partial charge on any atom is 0.217 e. The first-order chi connectivity index (χ1) is 8.74. The summed E-state index contributed by atoms with van der Waals surface area (Å²) in [6.45, 7) is 2.90. The van der Waals surface area contributed by atoms with Gasteiger partial charge >= 0.3 is 0 Å². The Bertz CT molecular complexity index is 504. The van der Waals surface area contributed by atoms with Gasteiger partial charge < -0.3 is 14.3 Å². The van der Waals surface area contributed by atoms with Crippen LogP contribution in [-0.2, 0) is 17.7 Å². The van der Waals surface area contributed by atoms with Crippen LogP contribution in [0.2, 0.25) is 0 Å². The first kappa shape index (κ1) is 12.8. The molecule has 0 saturated carbocycles. The number of aryl methyl sites for hydroxylation is 1. The summed E-state index contributed by atoms with van der Waals surface area (Å²) in [5, 5.41) is 13.3. The third-order valence-electron chi connectivity index (χ3n) is 2.55. The van der Waals surface area contributed by atoms with Crippen molar-refractivity contribution in [3.05, 3.63) is 23.7 Å². The zero-order valence-electron chi connectivity index (χ0n) is 10.6. The molecule has 2 rings (SSSR count). The second-order valence-corrected chi connectivity index (χ2v) is 3.95. The van der Waals surface area contributed by atoms with Gasteiger partial charge in [0, 0.05) is 13.5 Å². The van der Waals surface area contributed by atoms with E-state index in [4.69, 9.17) is 14.3 Å². The Morgan fingerprint density at radius 2 is 2.28 bits per heavy atom. The molecule has 2 aromatic heterocycles. The zero-order chi connectivity index (χ0) is 13.0. The van der Waals surface area contributed by atoms with Gasteiger partial charge in [-0.3, -0.25) is 0 Å². The molecule has 6 nitrogen and oxygen atoms in total. The highest BCUT2D eigenvalue weighted by Gasteiger charge is 2.13. The highest BCUT2D eigenvalue weighted by Crippen LogP contribution is 2.18. The number of aliphatic hydroxyl groups is 1. The molecular weight excluding hydrogens is 234 g/mol. The largest absolute Gasteiger partial charge is 0.458 e. The average Bonchev–Trinajstić information content (AvgIpc) is 2.94. The molecule has 0 saturated heterocycles. The third kappa shape index (κ3) is 2.77. The molecule has 2 aromatic rings. The molecule has 0 spiro atoms. The predicted octanol–water partition coefficient (Wildman–Crippen LogP) is 1.03. The van der Waals surface area contributed by atoms with Gasteiger partial charge in [0.25, 0.3) is 0 Å². The predicted molar refractivity (Wildman–Crippen MR) is 65.1 cm³/mol. The van der Waals surface area contributed by atoms with Crippen molar-refractivity contribution in [2.24, 2.45) is 0 Å². The van der Waals surface area contributed by atoms with E-state index in [0.717, 1.165) is 11.6 Å². The van der Waals surface area contributed by atoms with E-state index >= 15 is 0 Å². The van der Waals surface area contributed by atoms with Crippen molar-refractivity contribution in [1.82, 2.24) is 14.8 Å². The maximum atomic E-state index is 9.01. The molecule has 0 aliphatic rings. The Kier molecular flexibility index (Phi) is 4.11. The fourth-order valence-corrected chi connectivity index (χ4v) is 1.69. The van der Waals surface area contributed by atoms with E-state index in [1.54, 1.807) is 11.8 Å². The lowest BCUT2D eigenvalue weighted by molar-refractivity contribution is 0.197. The smallest absolute Gasteiger partial charge is 0.217 e. The lowest BCUT2D eigenvalue weighted by Gasteiger charge is -2.02. The highest BCUT2D eigenvalue weighted by molar-refractivity contribution is 5.46. The summed E-state index contributed by atoms with van der Waals surface area (Å²) >= 11 is 0. The summed E-state index contributed by atoms with van der Waals surface area (Å²) in [4.78, 5) is 4.42. The van der Waals surface area contributed by atoms with Crippen LogP contribution >= 0.6 is 0 Å². The Balaban J connectivity index is 2.26. The van der Waals surface area contributed by atoms with E-state index in [1.165, 1.54) is 0 Å². The molecule has 98 valence electrons. The minimum Gasteiger partial charge on any atom is -0.458 e.